The van der Waals surface area contributed by atoms with E-state index in [-0.39, 0.29) is 0 Å². The number of nitrogens with zero attached hydrogens (tertiary/aromatic N) is 2. The molecule has 3 rings (SSSR count). The van der Waals surface area contributed by atoms with Crippen LogP contribution in [0.15, 0.2) is 53.6 Å². The van der Waals surface area contributed by atoms with Gasteiger partial charge in [-0.25, -0.2) is 9.97 Å². The Morgan fingerprint density at radius 3 is 2.15 bits per heavy atom. The molecule has 3 nitrogen and oxygen atoms in total. The second kappa shape index (κ2) is 5.51. The molecule has 0 saturated heterocycles. The fraction of sp³-hybridized carbons (Fsp3) is 0.125. The summed E-state index contributed by atoms with van der Waals surface area (Å²) in [5.41, 5.74) is 3.80. The Hall–Kier alpha value is -2.07. The summed E-state index contributed by atoms with van der Waals surface area (Å²) in [7, 11) is 1.66. The molecule has 2 aromatic carbocycles. The standard InChI is InChI=1S/C16H14N2OS/c1-19-12-9-7-11(8-10-12)15-16(20-2)18-14-6-4-3-5-13(14)17-15/h3-10H,1-2H3. The van der Waals surface area contributed by atoms with Crippen LogP contribution in [0.25, 0.3) is 22.3 Å². The van der Waals surface area contributed by atoms with Gasteiger partial charge < -0.3 is 4.74 Å². The van der Waals surface area contributed by atoms with Crippen LogP contribution in [0, 0.1) is 0 Å². The summed E-state index contributed by atoms with van der Waals surface area (Å²) in [6.07, 6.45) is 2.02. The van der Waals surface area contributed by atoms with Crippen molar-refractivity contribution in [3.05, 3.63) is 48.5 Å². The number of para-hydroxylation sites is 2. The molecular weight excluding hydrogens is 268 g/mol. The number of aromatic nitrogens is 2. The van der Waals surface area contributed by atoms with Crippen LogP contribution in [0.5, 0.6) is 5.75 Å². The number of ether oxygens (including phenoxy) is 1. The predicted molar refractivity (Wildman–Crippen MR) is 83.3 cm³/mol. The van der Waals surface area contributed by atoms with E-state index in [4.69, 9.17) is 9.72 Å². The molecule has 1 heterocycles. The fourth-order valence-electron chi connectivity index (χ4n) is 2.06. The van der Waals surface area contributed by atoms with Crippen molar-refractivity contribution < 1.29 is 4.74 Å². The Morgan fingerprint density at radius 2 is 1.55 bits per heavy atom. The lowest BCUT2D eigenvalue weighted by Crippen LogP contribution is -1.93. The van der Waals surface area contributed by atoms with E-state index in [0.717, 1.165) is 33.1 Å². The number of fused-ring (bicyclic) bond motifs is 1. The maximum atomic E-state index is 5.19. The van der Waals surface area contributed by atoms with Crippen molar-refractivity contribution in [1.82, 2.24) is 9.97 Å². The zero-order valence-electron chi connectivity index (χ0n) is 11.3. The lowest BCUT2D eigenvalue weighted by atomic mass is 10.1. The maximum absolute atomic E-state index is 5.19. The monoisotopic (exact) mass is 282 g/mol. The molecule has 100 valence electrons. The number of thioether (sulfide) groups is 1. The van der Waals surface area contributed by atoms with E-state index in [1.807, 2.05) is 54.8 Å². The molecule has 20 heavy (non-hydrogen) atoms. The van der Waals surface area contributed by atoms with Crippen molar-refractivity contribution in [1.29, 1.82) is 0 Å². The molecule has 0 aliphatic carbocycles. The molecule has 0 N–H and O–H groups in total. The molecule has 4 heteroatoms. The van der Waals surface area contributed by atoms with Gasteiger partial charge >= 0.3 is 0 Å². The van der Waals surface area contributed by atoms with Crippen LogP contribution in [-0.4, -0.2) is 23.3 Å². The Kier molecular flexibility index (Phi) is 3.56. The van der Waals surface area contributed by atoms with Crippen LogP contribution in [-0.2, 0) is 0 Å². The van der Waals surface area contributed by atoms with E-state index in [1.165, 1.54) is 0 Å². The van der Waals surface area contributed by atoms with Crippen LogP contribution >= 0.6 is 11.8 Å². The molecule has 0 spiro atoms. The molecule has 0 radical (unpaired) electrons. The topological polar surface area (TPSA) is 35.0 Å². The number of methoxy groups -OCH3 is 1. The Balaban J connectivity index is 2.17. The summed E-state index contributed by atoms with van der Waals surface area (Å²) in [5.74, 6) is 0.841. The van der Waals surface area contributed by atoms with Crippen LogP contribution in [0.1, 0.15) is 0 Å². The van der Waals surface area contributed by atoms with Crippen molar-refractivity contribution in [2.24, 2.45) is 0 Å². The molecule has 0 fully saturated rings. The first kappa shape index (κ1) is 12.9. The van der Waals surface area contributed by atoms with Gasteiger partial charge in [0.05, 0.1) is 18.1 Å². The zero-order valence-corrected chi connectivity index (χ0v) is 12.1. The van der Waals surface area contributed by atoms with Crippen molar-refractivity contribution in [2.45, 2.75) is 5.03 Å². The molecule has 3 aromatic rings. The highest BCUT2D eigenvalue weighted by Crippen LogP contribution is 2.29. The van der Waals surface area contributed by atoms with Gasteiger partial charge in [0.2, 0.25) is 0 Å². The summed E-state index contributed by atoms with van der Waals surface area (Å²) < 4.78 is 5.19. The van der Waals surface area contributed by atoms with Gasteiger partial charge in [0.25, 0.3) is 0 Å². The van der Waals surface area contributed by atoms with E-state index in [9.17, 15) is 0 Å². The number of hydrogen-bond acceptors (Lipinski definition) is 4. The zero-order chi connectivity index (χ0) is 13.9. The third-order valence-electron chi connectivity index (χ3n) is 3.10. The van der Waals surface area contributed by atoms with Gasteiger partial charge in [-0.15, -0.1) is 11.8 Å². The molecular formula is C16H14N2OS. The first-order valence-corrected chi connectivity index (χ1v) is 7.49. The lowest BCUT2D eigenvalue weighted by molar-refractivity contribution is 0.415. The van der Waals surface area contributed by atoms with Crippen molar-refractivity contribution >= 4 is 22.8 Å². The minimum Gasteiger partial charge on any atom is -0.497 e. The Labute approximate surface area is 122 Å². The molecule has 0 amide bonds. The molecule has 0 atom stereocenters. The van der Waals surface area contributed by atoms with Gasteiger partial charge in [0, 0.05) is 5.56 Å². The molecule has 1 aromatic heterocycles. The van der Waals surface area contributed by atoms with Crippen LogP contribution in [0.3, 0.4) is 0 Å². The summed E-state index contributed by atoms with van der Waals surface area (Å²) in [6, 6.07) is 15.8. The van der Waals surface area contributed by atoms with Gasteiger partial charge in [-0.2, -0.15) is 0 Å². The SMILES string of the molecule is COc1ccc(-c2nc3ccccc3nc2SC)cc1. The van der Waals surface area contributed by atoms with Gasteiger partial charge in [0.1, 0.15) is 16.5 Å². The quantitative estimate of drug-likeness (QED) is 0.679. The molecule has 0 aliphatic rings. The second-order valence-electron chi connectivity index (χ2n) is 4.30. The summed E-state index contributed by atoms with van der Waals surface area (Å²) >= 11 is 1.61. The van der Waals surface area contributed by atoms with Crippen molar-refractivity contribution in [3.63, 3.8) is 0 Å². The Bertz CT molecular complexity index is 741. The van der Waals surface area contributed by atoms with Gasteiger partial charge in [-0.3, -0.25) is 0 Å². The third kappa shape index (κ3) is 2.34. The van der Waals surface area contributed by atoms with Crippen molar-refractivity contribution in [3.8, 4) is 17.0 Å². The second-order valence-corrected chi connectivity index (χ2v) is 5.09. The fourth-order valence-corrected chi connectivity index (χ4v) is 2.61. The molecule has 0 saturated carbocycles. The minimum atomic E-state index is 0.841. The highest BCUT2D eigenvalue weighted by Gasteiger charge is 2.10. The highest BCUT2D eigenvalue weighted by molar-refractivity contribution is 7.98. The Morgan fingerprint density at radius 1 is 0.900 bits per heavy atom. The predicted octanol–water partition coefficient (Wildman–Crippen LogP) is 4.03. The first-order valence-electron chi connectivity index (χ1n) is 6.27. The van der Waals surface area contributed by atoms with E-state index < -0.39 is 0 Å². The molecule has 0 unspecified atom stereocenters. The summed E-state index contributed by atoms with van der Waals surface area (Å²) in [4.78, 5) is 9.43. The third-order valence-corrected chi connectivity index (χ3v) is 3.77. The minimum absolute atomic E-state index is 0.841. The van der Waals surface area contributed by atoms with Crippen LogP contribution in [0.2, 0.25) is 0 Å². The van der Waals surface area contributed by atoms with E-state index in [2.05, 4.69) is 4.98 Å². The number of rotatable bonds is 3. The van der Waals surface area contributed by atoms with Crippen molar-refractivity contribution in [2.75, 3.05) is 13.4 Å². The van der Waals surface area contributed by atoms with Crippen LogP contribution in [0.4, 0.5) is 0 Å². The average Bonchev–Trinajstić information content (AvgIpc) is 2.53. The van der Waals surface area contributed by atoms with Crippen LogP contribution < -0.4 is 4.74 Å². The highest BCUT2D eigenvalue weighted by atomic mass is 32.2. The normalized spacial score (nSPS) is 10.7. The lowest BCUT2D eigenvalue weighted by Gasteiger charge is -2.08. The van der Waals surface area contributed by atoms with E-state index >= 15 is 0 Å². The molecule has 0 bridgehead atoms. The van der Waals surface area contributed by atoms with E-state index in [0.29, 0.717) is 0 Å². The smallest absolute Gasteiger partial charge is 0.123 e. The summed E-state index contributed by atoms with van der Waals surface area (Å²) in [6.45, 7) is 0. The molecule has 0 aliphatic heterocycles. The first-order chi connectivity index (χ1) is 9.81. The number of hydrogen-bond donors (Lipinski definition) is 0. The van der Waals surface area contributed by atoms with Gasteiger partial charge in [0.15, 0.2) is 0 Å². The maximum Gasteiger partial charge on any atom is 0.123 e. The van der Waals surface area contributed by atoms with E-state index in [1.54, 1.807) is 18.9 Å². The van der Waals surface area contributed by atoms with Gasteiger partial charge in [-0.1, -0.05) is 12.1 Å². The number of benzene rings is 2. The summed E-state index contributed by atoms with van der Waals surface area (Å²) in [5, 5.41) is 0.939. The van der Waals surface area contributed by atoms with Gasteiger partial charge in [-0.05, 0) is 42.7 Å². The average molecular weight is 282 g/mol. The largest absolute Gasteiger partial charge is 0.497 e.